The number of nitrogens with zero attached hydrogens (tertiary/aromatic N) is 1. The van der Waals surface area contributed by atoms with Gasteiger partial charge in [0.05, 0.1) is 11.5 Å². The molecule has 0 aromatic heterocycles. The van der Waals surface area contributed by atoms with E-state index < -0.39 is 0 Å². The molecule has 1 aliphatic heterocycles. The average molecular weight is 440 g/mol. The van der Waals surface area contributed by atoms with Gasteiger partial charge in [0.25, 0.3) is 5.91 Å². The zero-order valence-electron chi connectivity index (χ0n) is 16.1. The van der Waals surface area contributed by atoms with Crippen LogP contribution in [0.2, 0.25) is 5.02 Å². The average Bonchev–Trinajstić information content (AvgIpc) is 2.94. The van der Waals surface area contributed by atoms with Crippen LogP contribution in [0.25, 0.3) is 6.08 Å². The molecule has 0 atom stereocenters. The van der Waals surface area contributed by atoms with Crippen LogP contribution in [0.5, 0.6) is 0 Å². The molecule has 2 rings (SSSR count). The summed E-state index contributed by atoms with van der Waals surface area (Å²) in [5.41, 5.74) is 0.919. The fourth-order valence-corrected chi connectivity index (χ4v) is 4.16. The Morgan fingerprint density at radius 1 is 1.18 bits per heavy atom. The summed E-state index contributed by atoms with van der Waals surface area (Å²) in [7, 11) is 0. The van der Waals surface area contributed by atoms with Crippen LogP contribution in [-0.2, 0) is 14.3 Å². The Bertz CT molecular complexity index is 719. The summed E-state index contributed by atoms with van der Waals surface area (Å²) >= 11 is 12.6. The van der Waals surface area contributed by atoms with Crippen LogP contribution in [0.15, 0.2) is 29.2 Å². The van der Waals surface area contributed by atoms with Gasteiger partial charge in [-0.3, -0.25) is 14.5 Å². The summed E-state index contributed by atoms with van der Waals surface area (Å²) in [6.07, 6.45) is 7.83. The molecule has 1 heterocycles. The van der Waals surface area contributed by atoms with Gasteiger partial charge in [0, 0.05) is 18.0 Å². The van der Waals surface area contributed by atoms with E-state index in [-0.39, 0.29) is 11.9 Å². The second kappa shape index (κ2) is 12.2. The maximum absolute atomic E-state index is 12.6. The van der Waals surface area contributed by atoms with E-state index in [4.69, 9.17) is 28.6 Å². The Morgan fingerprint density at radius 2 is 1.93 bits per heavy atom. The number of carbonyl (C=O) groups is 2. The minimum absolute atomic E-state index is 0.0553. The van der Waals surface area contributed by atoms with Crippen LogP contribution < -0.4 is 0 Å². The van der Waals surface area contributed by atoms with Crippen molar-refractivity contribution < 1.29 is 14.3 Å². The maximum Gasteiger partial charge on any atom is 0.305 e. The molecule has 0 bridgehead atoms. The number of unbranched alkanes of at least 4 members (excludes halogenated alkanes) is 4. The normalized spacial score (nSPS) is 15.5. The molecule has 1 aromatic rings. The van der Waals surface area contributed by atoms with Crippen LogP contribution in [0.1, 0.15) is 57.4 Å². The number of amides is 1. The number of rotatable bonds is 11. The number of hydrogen-bond donors (Lipinski definition) is 0. The summed E-state index contributed by atoms with van der Waals surface area (Å²) in [4.78, 5) is 26.5. The van der Waals surface area contributed by atoms with Crippen molar-refractivity contribution in [3.8, 4) is 0 Å². The fourth-order valence-electron chi connectivity index (χ4n) is 2.73. The Morgan fingerprint density at radius 3 is 2.64 bits per heavy atom. The fraction of sp³-hybridized carbons (Fsp3) is 0.476. The number of thioether (sulfide) groups is 1. The second-order valence-corrected chi connectivity index (χ2v) is 8.74. The SMILES string of the molecule is CCCCCOC(=O)CCCCCN1C(=O)/C(=C/c2ccc(Cl)cc2)SC1=S. The first-order valence-electron chi connectivity index (χ1n) is 9.68. The molecule has 1 fully saturated rings. The molecule has 1 aliphatic rings. The van der Waals surface area contributed by atoms with Crippen molar-refractivity contribution in [1.82, 2.24) is 4.90 Å². The number of benzene rings is 1. The van der Waals surface area contributed by atoms with E-state index in [9.17, 15) is 9.59 Å². The van der Waals surface area contributed by atoms with Gasteiger partial charge in [0.1, 0.15) is 4.32 Å². The highest BCUT2D eigenvalue weighted by Gasteiger charge is 2.31. The molecule has 28 heavy (non-hydrogen) atoms. The summed E-state index contributed by atoms with van der Waals surface area (Å²) in [6, 6.07) is 7.33. The Hall–Kier alpha value is -1.37. The minimum Gasteiger partial charge on any atom is -0.466 e. The van der Waals surface area contributed by atoms with Crippen LogP contribution in [0, 0.1) is 0 Å². The third-order valence-corrected chi connectivity index (χ3v) is 5.94. The van der Waals surface area contributed by atoms with Gasteiger partial charge in [-0.2, -0.15) is 0 Å². The van der Waals surface area contributed by atoms with Gasteiger partial charge in [-0.1, -0.05) is 73.9 Å². The predicted octanol–water partition coefficient (Wildman–Crippen LogP) is 5.84. The third-order valence-electron chi connectivity index (χ3n) is 4.31. The number of carbonyl (C=O) groups excluding carboxylic acids is 2. The molecule has 1 amide bonds. The van der Waals surface area contributed by atoms with Gasteiger partial charge >= 0.3 is 5.97 Å². The summed E-state index contributed by atoms with van der Waals surface area (Å²) in [5, 5.41) is 0.662. The van der Waals surface area contributed by atoms with Gasteiger partial charge in [0.2, 0.25) is 0 Å². The lowest BCUT2D eigenvalue weighted by molar-refractivity contribution is -0.144. The highest BCUT2D eigenvalue weighted by molar-refractivity contribution is 8.26. The minimum atomic E-state index is -0.132. The van der Waals surface area contributed by atoms with Crippen LogP contribution >= 0.6 is 35.6 Å². The van der Waals surface area contributed by atoms with Crippen LogP contribution in [0.4, 0.5) is 0 Å². The first-order chi connectivity index (χ1) is 13.5. The highest BCUT2D eigenvalue weighted by Crippen LogP contribution is 2.32. The molecule has 1 saturated heterocycles. The lowest BCUT2D eigenvalue weighted by Crippen LogP contribution is -2.29. The molecule has 4 nitrogen and oxygen atoms in total. The Kier molecular flexibility index (Phi) is 10.0. The first kappa shape index (κ1) is 22.9. The van der Waals surface area contributed by atoms with Crippen molar-refractivity contribution in [2.75, 3.05) is 13.2 Å². The molecule has 152 valence electrons. The zero-order chi connectivity index (χ0) is 20.4. The summed E-state index contributed by atoms with van der Waals surface area (Å²) in [5.74, 6) is -0.187. The molecule has 0 unspecified atom stereocenters. The van der Waals surface area contributed by atoms with E-state index in [1.165, 1.54) is 11.8 Å². The van der Waals surface area contributed by atoms with Gasteiger partial charge in [-0.15, -0.1) is 0 Å². The molecular formula is C21H26ClNO3S2. The highest BCUT2D eigenvalue weighted by atomic mass is 35.5. The molecule has 0 N–H and O–H groups in total. The lowest BCUT2D eigenvalue weighted by atomic mass is 10.2. The van der Waals surface area contributed by atoms with Crippen LogP contribution in [0.3, 0.4) is 0 Å². The van der Waals surface area contributed by atoms with E-state index in [1.54, 1.807) is 17.0 Å². The Labute approximate surface area is 181 Å². The topological polar surface area (TPSA) is 46.6 Å². The van der Waals surface area contributed by atoms with Crippen LogP contribution in [-0.4, -0.2) is 34.2 Å². The molecule has 1 aromatic carbocycles. The molecular weight excluding hydrogens is 414 g/mol. The predicted molar refractivity (Wildman–Crippen MR) is 120 cm³/mol. The number of hydrogen-bond acceptors (Lipinski definition) is 5. The zero-order valence-corrected chi connectivity index (χ0v) is 18.5. The van der Waals surface area contributed by atoms with Gasteiger partial charge in [0.15, 0.2) is 0 Å². The quantitative estimate of drug-likeness (QED) is 0.188. The first-order valence-corrected chi connectivity index (χ1v) is 11.3. The Balaban J connectivity index is 1.70. The second-order valence-electron chi connectivity index (χ2n) is 6.62. The van der Waals surface area contributed by atoms with Crippen molar-refractivity contribution in [3.63, 3.8) is 0 Å². The van der Waals surface area contributed by atoms with Crippen molar-refractivity contribution in [3.05, 3.63) is 39.8 Å². The number of esters is 1. The van der Waals surface area contributed by atoms with E-state index in [2.05, 4.69) is 6.92 Å². The summed E-state index contributed by atoms with van der Waals surface area (Å²) < 4.78 is 5.78. The van der Waals surface area contributed by atoms with E-state index in [0.717, 1.165) is 44.1 Å². The standard InChI is InChI=1S/C21H26ClNO3S2/c1-2-3-7-14-26-19(24)8-5-4-6-13-23-20(25)18(28-21(23)27)15-16-9-11-17(22)12-10-16/h9-12,15H,2-8,13-14H2,1H3/b18-15-. The van der Waals surface area contributed by atoms with Gasteiger partial charge < -0.3 is 4.74 Å². The molecule has 0 spiro atoms. The van der Waals surface area contributed by atoms with E-state index >= 15 is 0 Å². The van der Waals surface area contributed by atoms with Crippen molar-refractivity contribution in [2.45, 2.75) is 51.9 Å². The maximum atomic E-state index is 12.6. The lowest BCUT2D eigenvalue weighted by Gasteiger charge is -2.14. The molecule has 0 radical (unpaired) electrons. The number of halogens is 1. The van der Waals surface area contributed by atoms with Crippen molar-refractivity contribution >= 4 is 57.9 Å². The molecule has 0 aliphatic carbocycles. The molecule has 0 saturated carbocycles. The van der Waals surface area contributed by atoms with Gasteiger partial charge in [-0.25, -0.2) is 0 Å². The number of ether oxygens (including phenoxy) is 1. The third kappa shape index (κ3) is 7.57. The van der Waals surface area contributed by atoms with E-state index in [1.807, 2.05) is 18.2 Å². The summed E-state index contributed by atoms with van der Waals surface area (Å²) in [6.45, 7) is 3.21. The molecule has 7 heteroatoms. The van der Waals surface area contributed by atoms with Crippen molar-refractivity contribution in [1.29, 1.82) is 0 Å². The van der Waals surface area contributed by atoms with E-state index in [0.29, 0.717) is 33.8 Å². The monoisotopic (exact) mass is 439 g/mol. The van der Waals surface area contributed by atoms with Crippen molar-refractivity contribution in [2.24, 2.45) is 0 Å². The van der Waals surface area contributed by atoms with Gasteiger partial charge in [-0.05, 0) is 43.0 Å². The largest absolute Gasteiger partial charge is 0.466 e. The number of thiocarbonyl (C=S) groups is 1. The smallest absolute Gasteiger partial charge is 0.305 e.